The van der Waals surface area contributed by atoms with Crippen LogP contribution in [0.15, 0.2) is 10.3 Å². The molecule has 0 saturated heterocycles. The summed E-state index contributed by atoms with van der Waals surface area (Å²) in [6, 6.07) is 0. The van der Waals surface area contributed by atoms with E-state index in [-0.39, 0.29) is 12.8 Å². The van der Waals surface area contributed by atoms with Gasteiger partial charge in [0.25, 0.3) is 0 Å². The monoisotopic (exact) mass is 472 g/mol. The van der Waals surface area contributed by atoms with Crippen LogP contribution in [0.2, 0.25) is 0 Å². The van der Waals surface area contributed by atoms with Gasteiger partial charge in [0, 0.05) is 12.8 Å². The summed E-state index contributed by atoms with van der Waals surface area (Å²) in [6.45, 7) is 0. The molecule has 0 radical (unpaired) electrons. The van der Waals surface area contributed by atoms with Crippen molar-refractivity contribution >= 4 is 26.1 Å². The summed E-state index contributed by atoms with van der Waals surface area (Å²) in [5.74, 6) is 0. The Labute approximate surface area is 178 Å². The van der Waals surface area contributed by atoms with E-state index in [1.807, 2.05) is 0 Å². The normalized spacial score (nSPS) is 13.7. The molecular weight excluding hydrogens is 434 g/mol. The Morgan fingerprint density at radius 3 is 0.833 bits per heavy atom. The van der Waals surface area contributed by atoms with Crippen molar-refractivity contribution < 1.29 is 39.1 Å². The van der Waals surface area contributed by atoms with Gasteiger partial charge in [-0.1, -0.05) is 87.4 Å². The molecule has 0 saturated carbocycles. The molecule has 0 aliphatic carbocycles. The topological polar surface area (TPSA) is 180 Å². The van der Waals surface area contributed by atoms with Gasteiger partial charge in [-0.05, 0) is 12.8 Å². The second-order valence-electron chi connectivity index (χ2n) is 7.57. The standard InChI is InChI=1S/C18H38N2O8P2/c21-19-17(29(23,24)25)15-13-11-9-7-5-3-1-2-4-6-8-10-12-14-16-18(20-22)30(26,27)28/h21-22H,1-16H2,(H2,23,24,25)(H2,26,27,28)/b19-17-,20-18-. The van der Waals surface area contributed by atoms with Crippen LogP contribution < -0.4 is 0 Å². The first-order chi connectivity index (χ1) is 14.1. The molecule has 0 aliphatic rings. The van der Waals surface area contributed by atoms with Crippen LogP contribution in [0.3, 0.4) is 0 Å². The molecule has 0 fully saturated rings. The maximum atomic E-state index is 11.0. The second kappa shape index (κ2) is 16.9. The highest BCUT2D eigenvalue weighted by molar-refractivity contribution is 7.70. The predicted octanol–water partition coefficient (Wildman–Crippen LogP) is 5.16. The molecule has 0 aromatic heterocycles. The minimum absolute atomic E-state index is 0.126. The maximum absolute atomic E-state index is 11.0. The van der Waals surface area contributed by atoms with Gasteiger partial charge in [0.05, 0.1) is 0 Å². The Bertz CT molecular complexity index is 549. The fourth-order valence-electron chi connectivity index (χ4n) is 3.20. The average molecular weight is 472 g/mol. The van der Waals surface area contributed by atoms with Crippen molar-refractivity contribution in [2.24, 2.45) is 10.3 Å². The average Bonchev–Trinajstić information content (AvgIpc) is 2.65. The van der Waals surface area contributed by atoms with Gasteiger partial charge >= 0.3 is 15.2 Å². The van der Waals surface area contributed by atoms with Crippen molar-refractivity contribution in [1.29, 1.82) is 0 Å². The van der Waals surface area contributed by atoms with E-state index in [1.54, 1.807) is 0 Å². The van der Waals surface area contributed by atoms with Gasteiger partial charge in [-0.25, -0.2) is 0 Å². The van der Waals surface area contributed by atoms with Gasteiger partial charge in [0.15, 0.2) is 10.9 Å². The molecule has 178 valence electrons. The van der Waals surface area contributed by atoms with Crippen molar-refractivity contribution in [2.75, 3.05) is 0 Å². The first-order valence-corrected chi connectivity index (χ1v) is 13.9. The van der Waals surface area contributed by atoms with Gasteiger partial charge in [-0.3, -0.25) is 9.13 Å². The van der Waals surface area contributed by atoms with E-state index in [2.05, 4.69) is 10.3 Å². The van der Waals surface area contributed by atoms with Crippen LogP contribution in [0.1, 0.15) is 103 Å². The fourth-order valence-corrected chi connectivity index (χ4v) is 4.33. The second-order valence-corrected chi connectivity index (χ2v) is 10.8. The number of rotatable bonds is 19. The molecule has 0 heterocycles. The van der Waals surface area contributed by atoms with Gasteiger partial charge in [0.2, 0.25) is 0 Å². The Morgan fingerprint density at radius 1 is 0.467 bits per heavy atom. The molecule has 0 unspecified atom stereocenters. The molecule has 0 spiro atoms. The molecule has 0 aromatic carbocycles. The summed E-state index contributed by atoms with van der Waals surface area (Å²) >= 11 is 0. The van der Waals surface area contributed by atoms with E-state index in [4.69, 9.17) is 30.0 Å². The Morgan fingerprint density at radius 2 is 0.667 bits per heavy atom. The van der Waals surface area contributed by atoms with E-state index in [1.165, 1.54) is 25.7 Å². The molecule has 30 heavy (non-hydrogen) atoms. The third-order valence-corrected chi connectivity index (χ3v) is 6.93. The summed E-state index contributed by atoms with van der Waals surface area (Å²) in [5, 5.41) is 22.6. The van der Waals surface area contributed by atoms with E-state index in [0.29, 0.717) is 12.8 Å². The Hall–Kier alpha value is -0.760. The van der Waals surface area contributed by atoms with Gasteiger partial charge in [-0.2, -0.15) is 0 Å². The largest absolute Gasteiger partial charge is 0.410 e. The summed E-state index contributed by atoms with van der Waals surface area (Å²) in [5.41, 5.74) is -0.875. The molecule has 12 heteroatoms. The van der Waals surface area contributed by atoms with Crippen LogP contribution in [-0.2, 0) is 9.13 Å². The Kier molecular flexibility index (Phi) is 16.4. The highest BCUT2D eigenvalue weighted by Gasteiger charge is 2.23. The minimum atomic E-state index is -4.42. The summed E-state index contributed by atoms with van der Waals surface area (Å²) in [4.78, 5) is 35.7. The zero-order valence-corrected chi connectivity index (χ0v) is 19.4. The highest BCUT2D eigenvalue weighted by Crippen LogP contribution is 2.39. The fraction of sp³-hybridized carbons (Fsp3) is 0.889. The molecule has 0 aromatic rings. The number of hydrogen-bond acceptors (Lipinski definition) is 6. The van der Waals surface area contributed by atoms with Crippen LogP contribution in [0.25, 0.3) is 0 Å². The lowest BCUT2D eigenvalue weighted by atomic mass is 10.0. The molecule has 0 aliphatic heterocycles. The first kappa shape index (κ1) is 29.2. The first-order valence-electron chi connectivity index (χ1n) is 10.7. The van der Waals surface area contributed by atoms with Crippen molar-refractivity contribution in [3.05, 3.63) is 0 Å². The van der Waals surface area contributed by atoms with Gasteiger partial charge in [0.1, 0.15) is 0 Å². The number of oxime groups is 2. The molecule has 0 atom stereocenters. The number of nitrogens with zero attached hydrogens (tertiary/aromatic N) is 2. The van der Waals surface area contributed by atoms with E-state index < -0.39 is 26.1 Å². The molecule has 0 amide bonds. The predicted molar refractivity (Wildman–Crippen MR) is 116 cm³/mol. The van der Waals surface area contributed by atoms with Crippen LogP contribution in [0, 0.1) is 0 Å². The van der Waals surface area contributed by atoms with Crippen molar-refractivity contribution in [1.82, 2.24) is 0 Å². The maximum Gasteiger partial charge on any atom is 0.373 e. The third kappa shape index (κ3) is 16.0. The minimum Gasteiger partial charge on any atom is -0.410 e. The van der Waals surface area contributed by atoms with Crippen LogP contribution >= 0.6 is 15.2 Å². The van der Waals surface area contributed by atoms with E-state index in [9.17, 15) is 9.13 Å². The lowest BCUT2D eigenvalue weighted by molar-refractivity contribution is 0.314. The SMILES string of the molecule is O=P(O)(O)/C(CCCCCCCCCCCCCCCC/C(=N/O)P(=O)(O)O)=N\O. The van der Waals surface area contributed by atoms with Crippen molar-refractivity contribution in [3.63, 3.8) is 0 Å². The molecule has 0 bridgehead atoms. The lowest BCUT2D eigenvalue weighted by Crippen LogP contribution is -1.99. The van der Waals surface area contributed by atoms with Crippen LogP contribution in [0.5, 0.6) is 0 Å². The van der Waals surface area contributed by atoms with Crippen LogP contribution in [0.4, 0.5) is 0 Å². The summed E-state index contributed by atoms with van der Waals surface area (Å²) in [7, 11) is -8.84. The zero-order chi connectivity index (χ0) is 22.9. The quantitative estimate of drug-likeness (QED) is 0.0490. The summed E-state index contributed by atoms with van der Waals surface area (Å²) < 4.78 is 22.0. The molecule has 6 N–H and O–H groups in total. The molecule has 0 rings (SSSR count). The van der Waals surface area contributed by atoms with E-state index in [0.717, 1.165) is 51.4 Å². The third-order valence-electron chi connectivity index (χ3n) is 4.95. The number of hydrogen-bond donors (Lipinski definition) is 6. The zero-order valence-electron chi connectivity index (χ0n) is 17.6. The highest BCUT2D eigenvalue weighted by atomic mass is 31.2. The Balaban J connectivity index is 3.40. The van der Waals surface area contributed by atoms with Gasteiger partial charge in [-0.15, -0.1) is 0 Å². The van der Waals surface area contributed by atoms with E-state index >= 15 is 0 Å². The van der Waals surface area contributed by atoms with Crippen molar-refractivity contribution in [2.45, 2.75) is 103 Å². The lowest BCUT2D eigenvalue weighted by Gasteiger charge is -2.06. The van der Waals surface area contributed by atoms with Crippen LogP contribution in [-0.4, -0.2) is 40.9 Å². The molecule has 10 nitrogen and oxygen atoms in total. The smallest absolute Gasteiger partial charge is 0.373 e. The molecular formula is C18H38N2O8P2. The van der Waals surface area contributed by atoms with Gasteiger partial charge < -0.3 is 30.0 Å². The summed E-state index contributed by atoms with van der Waals surface area (Å²) in [6.07, 6.45) is 14.4. The van der Waals surface area contributed by atoms with Crippen molar-refractivity contribution in [3.8, 4) is 0 Å². The number of unbranched alkanes of at least 4 members (excludes halogenated alkanes) is 13.